The smallest absolute Gasteiger partial charge is 0.256 e. The Hall–Kier alpha value is -1.58. The summed E-state index contributed by atoms with van der Waals surface area (Å²) < 4.78 is 13.2. The molecule has 0 heterocycles. The molecule has 1 aromatic carbocycles. The van der Waals surface area contributed by atoms with Crippen molar-refractivity contribution in [3.63, 3.8) is 0 Å². The molecule has 0 spiro atoms. The van der Waals surface area contributed by atoms with E-state index >= 15 is 0 Å². The van der Waals surface area contributed by atoms with E-state index in [0.29, 0.717) is 24.7 Å². The van der Waals surface area contributed by atoms with E-state index in [0.717, 1.165) is 12.8 Å². The molecule has 1 amide bonds. The summed E-state index contributed by atoms with van der Waals surface area (Å²) in [6, 6.07) is 3.92. The Kier molecular flexibility index (Phi) is 5.80. The highest BCUT2D eigenvalue weighted by atomic mass is 19.1. The average molecular weight is 266 g/mol. The van der Waals surface area contributed by atoms with E-state index in [1.54, 1.807) is 4.90 Å². The van der Waals surface area contributed by atoms with Gasteiger partial charge in [0.05, 0.1) is 5.56 Å². The summed E-state index contributed by atoms with van der Waals surface area (Å²) in [5.74, 6) is -0.152. The van der Waals surface area contributed by atoms with Crippen molar-refractivity contribution in [3.05, 3.63) is 29.6 Å². The Bertz CT molecular complexity index is 430. The fourth-order valence-electron chi connectivity index (χ4n) is 2.10. The Morgan fingerprint density at radius 3 is 2.47 bits per heavy atom. The zero-order valence-corrected chi connectivity index (χ0v) is 11.9. The van der Waals surface area contributed by atoms with Gasteiger partial charge >= 0.3 is 0 Å². The lowest BCUT2D eigenvalue weighted by molar-refractivity contribution is 0.0735. The van der Waals surface area contributed by atoms with Crippen LogP contribution in [0.5, 0.6) is 0 Å². The van der Waals surface area contributed by atoms with Gasteiger partial charge in [0.15, 0.2) is 0 Å². The molecule has 0 fully saturated rings. The van der Waals surface area contributed by atoms with Crippen LogP contribution in [0.2, 0.25) is 0 Å². The van der Waals surface area contributed by atoms with Gasteiger partial charge in [-0.25, -0.2) is 4.39 Å². The summed E-state index contributed by atoms with van der Waals surface area (Å²) in [4.78, 5) is 14.1. The maximum atomic E-state index is 13.2. The third kappa shape index (κ3) is 3.94. The maximum Gasteiger partial charge on any atom is 0.256 e. The topological polar surface area (TPSA) is 46.3 Å². The van der Waals surface area contributed by atoms with Crippen molar-refractivity contribution in [3.8, 4) is 0 Å². The van der Waals surface area contributed by atoms with Crippen molar-refractivity contribution in [2.45, 2.75) is 33.6 Å². The highest BCUT2D eigenvalue weighted by Gasteiger charge is 2.19. The molecular weight excluding hydrogens is 243 g/mol. The third-order valence-corrected chi connectivity index (χ3v) is 3.55. The number of carbonyl (C=O) groups is 1. The number of nitrogens with two attached hydrogens (primary N) is 1. The van der Waals surface area contributed by atoms with Crippen molar-refractivity contribution >= 4 is 11.6 Å². The number of benzene rings is 1. The zero-order chi connectivity index (χ0) is 14.4. The van der Waals surface area contributed by atoms with Crippen LogP contribution >= 0.6 is 0 Å². The molecule has 0 saturated heterocycles. The van der Waals surface area contributed by atoms with Crippen LogP contribution in [0.25, 0.3) is 0 Å². The zero-order valence-electron chi connectivity index (χ0n) is 11.9. The predicted octanol–water partition coefficient (Wildman–Crippen LogP) is 3.31. The van der Waals surface area contributed by atoms with Gasteiger partial charge in [-0.1, -0.05) is 26.7 Å². The van der Waals surface area contributed by atoms with E-state index in [1.165, 1.54) is 18.2 Å². The fourth-order valence-corrected chi connectivity index (χ4v) is 2.10. The quantitative estimate of drug-likeness (QED) is 0.803. The van der Waals surface area contributed by atoms with Crippen molar-refractivity contribution in [1.29, 1.82) is 0 Å². The molecule has 0 atom stereocenters. The van der Waals surface area contributed by atoms with Crippen LogP contribution in [-0.4, -0.2) is 23.9 Å². The van der Waals surface area contributed by atoms with Gasteiger partial charge in [0, 0.05) is 18.8 Å². The van der Waals surface area contributed by atoms with Crippen LogP contribution < -0.4 is 5.73 Å². The number of amides is 1. The van der Waals surface area contributed by atoms with Crippen LogP contribution in [-0.2, 0) is 0 Å². The van der Waals surface area contributed by atoms with Crippen LogP contribution in [0, 0.1) is 11.7 Å². The largest absolute Gasteiger partial charge is 0.398 e. The maximum absolute atomic E-state index is 13.2. The van der Waals surface area contributed by atoms with E-state index in [9.17, 15) is 9.18 Å². The minimum atomic E-state index is -0.434. The lowest BCUT2D eigenvalue weighted by atomic mass is 10.0. The Labute approximate surface area is 114 Å². The molecule has 3 nitrogen and oxygen atoms in total. The SMILES string of the molecule is CCC(CC)CN(CC)C(=O)c1cc(F)ccc1N. The number of carbonyl (C=O) groups excluding carboxylic acids is 1. The summed E-state index contributed by atoms with van der Waals surface area (Å²) in [7, 11) is 0. The standard InChI is InChI=1S/C15H23FN2O/c1-4-11(5-2)10-18(6-3)15(19)13-9-12(16)7-8-14(13)17/h7-9,11H,4-6,10,17H2,1-3H3. The predicted molar refractivity (Wildman–Crippen MR) is 76.5 cm³/mol. The molecule has 0 aliphatic heterocycles. The summed E-state index contributed by atoms with van der Waals surface area (Å²) in [6.45, 7) is 7.45. The van der Waals surface area contributed by atoms with E-state index in [4.69, 9.17) is 5.73 Å². The first-order chi connectivity index (χ1) is 9.03. The number of nitrogens with zero attached hydrogens (tertiary/aromatic N) is 1. The lowest BCUT2D eigenvalue weighted by Gasteiger charge is -2.26. The van der Waals surface area contributed by atoms with Crippen LogP contribution in [0.3, 0.4) is 0 Å². The molecule has 106 valence electrons. The molecular formula is C15H23FN2O. The summed E-state index contributed by atoms with van der Waals surface area (Å²) in [5, 5.41) is 0. The number of anilines is 1. The van der Waals surface area contributed by atoms with E-state index < -0.39 is 5.82 Å². The first-order valence-electron chi connectivity index (χ1n) is 6.87. The lowest BCUT2D eigenvalue weighted by Crippen LogP contribution is -2.35. The number of nitrogen functional groups attached to an aromatic ring is 1. The minimum absolute atomic E-state index is 0.189. The van der Waals surface area contributed by atoms with E-state index in [1.807, 2.05) is 6.92 Å². The van der Waals surface area contributed by atoms with Gasteiger partial charge in [0.25, 0.3) is 5.91 Å². The third-order valence-electron chi connectivity index (χ3n) is 3.55. The average Bonchev–Trinajstić information content (AvgIpc) is 2.42. The summed E-state index contributed by atoms with van der Waals surface area (Å²) in [5.41, 5.74) is 6.35. The summed E-state index contributed by atoms with van der Waals surface area (Å²) >= 11 is 0. The van der Waals surface area contributed by atoms with Gasteiger partial charge < -0.3 is 10.6 Å². The van der Waals surface area contributed by atoms with Crippen LogP contribution in [0.4, 0.5) is 10.1 Å². The van der Waals surface area contributed by atoms with E-state index in [2.05, 4.69) is 13.8 Å². The van der Waals surface area contributed by atoms with Crippen LogP contribution in [0.15, 0.2) is 18.2 Å². The van der Waals surface area contributed by atoms with Crippen molar-refractivity contribution < 1.29 is 9.18 Å². The van der Waals surface area contributed by atoms with Crippen LogP contribution in [0.1, 0.15) is 44.0 Å². The first kappa shape index (κ1) is 15.5. The number of hydrogen-bond acceptors (Lipinski definition) is 2. The summed E-state index contributed by atoms with van der Waals surface area (Å²) in [6.07, 6.45) is 2.05. The van der Waals surface area contributed by atoms with Crippen molar-refractivity contribution in [2.24, 2.45) is 5.92 Å². The highest BCUT2D eigenvalue weighted by Crippen LogP contribution is 2.18. The number of rotatable bonds is 6. The molecule has 0 bridgehead atoms. The molecule has 0 aliphatic rings. The van der Waals surface area contributed by atoms with Gasteiger partial charge in [-0.3, -0.25) is 4.79 Å². The second kappa shape index (κ2) is 7.12. The Balaban J connectivity index is 2.92. The minimum Gasteiger partial charge on any atom is -0.398 e. The van der Waals surface area contributed by atoms with Gasteiger partial charge in [0.2, 0.25) is 0 Å². The fraction of sp³-hybridized carbons (Fsp3) is 0.533. The molecule has 19 heavy (non-hydrogen) atoms. The first-order valence-corrected chi connectivity index (χ1v) is 6.87. The second-order valence-corrected chi connectivity index (χ2v) is 4.76. The number of hydrogen-bond donors (Lipinski definition) is 1. The molecule has 2 N–H and O–H groups in total. The van der Waals surface area contributed by atoms with Gasteiger partial charge in [-0.15, -0.1) is 0 Å². The van der Waals surface area contributed by atoms with Crippen molar-refractivity contribution in [2.75, 3.05) is 18.8 Å². The van der Waals surface area contributed by atoms with Gasteiger partial charge in [-0.05, 0) is 31.0 Å². The Morgan fingerprint density at radius 1 is 1.32 bits per heavy atom. The highest BCUT2D eigenvalue weighted by molar-refractivity contribution is 5.99. The Morgan fingerprint density at radius 2 is 1.95 bits per heavy atom. The molecule has 0 aromatic heterocycles. The molecule has 1 aromatic rings. The molecule has 0 unspecified atom stereocenters. The molecule has 4 heteroatoms. The molecule has 0 aliphatic carbocycles. The van der Waals surface area contributed by atoms with Gasteiger partial charge in [-0.2, -0.15) is 0 Å². The molecule has 1 rings (SSSR count). The van der Waals surface area contributed by atoms with E-state index in [-0.39, 0.29) is 11.5 Å². The molecule has 0 saturated carbocycles. The van der Waals surface area contributed by atoms with Gasteiger partial charge in [0.1, 0.15) is 5.82 Å². The molecule has 0 radical (unpaired) electrons. The normalized spacial score (nSPS) is 10.8. The second-order valence-electron chi connectivity index (χ2n) is 4.76. The number of halogens is 1. The monoisotopic (exact) mass is 266 g/mol. The van der Waals surface area contributed by atoms with Crippen molar-refractivity contribution in [1.82, 2.24) is 4.90 Å².